The van der Waals surface area contributed by atoms with Crippen molar-refractivity contribution in [2.45, 2.75) is 32.2 Å². The molecule has 2 saturated heterocycles. The lowest BCUT2D eigenvalue weighted by Crippen LogP contribution is -2.52. The van der Waals surface area contributed by atoms with E-state index in [-0.39, 0.29) is 24.3 Å². The van der Waals surface area contributed by atoms with Crippen molar-refractivity contribution < 1.29 is 14.3 Å². The number of amides is 2. The van der Waals surface area contributed by atoms with E-state index in [0.29, 0.717) is 12.3 Å². The second-order valence-electron chi connectivity index (χ2n) is 8.24. The molecule has 2 amide bonds. The number of nitrogens with zero attached hydrogens (tertiary/aromatic N) is 3. The number of hydrogen-bond donors (Lipinski definition) is 0. The molecule has 0 aliphatic carbocycles. The highest BCUT2D eigenvalue weighted by Crippen LogP contribution is 2.28. The third-order valence-electron chi connectivity index (χ3n) is 6.10. The van der Waals surface area contributed by atoms with Gasteiger partial charge in [0.2, 0.25) is 5.91 Å². The van der Waals surface area contributed by atoms with Crippen LogP contribution in [-0.2, 0) is 16.0 Å². The molecule has 2 aliphatic heterocycles. The first-order chi connectivity index (χ1) is 15.2. The summed E-state index contributed by atoms with van der Waals surface area (Å²) >= 11 is 0. The maximum Gasteiger partial charge on any atom is 0.251 e. The van der Waals surface area contributed by atoms with E-state index in [1.54, 1.807) is 12.1 Å². The minimum Gasteiger partial charge on any atom is -0.494 e. The quantitative estimate of drug-likeness (QED) is 0.614. The lowest BCUT2D eigenvalue weighted by Gasteiger charge is -2.37. The second-order valence-corrected chi connectivity index (χ2v) is 8.24. The van der Waals surface area contributed by atoms with Crippen molar-refractivity contribution in [1.29, 1.82) is 0 Å². The largest absolute Gasteiger partial charge is 0.494 e. The number of benzene rings is 2. The molecule has 2 heterocycles. The maximum atomic E-state index is 13.1. The Kier molecular flexibility index (Phi) is 6.99. The molecule has 164 valence electrons. The third kappa shape index (κ3) is 5.14. The van der Waals surface area contributed by atoms with Crippen LogP contribution in [0.15, 0.2) is 54.6 Å². The minimum absolute atomic E-state index is 0.107. The van der Waals surface area contributed by atoms with Gasteiger partial charge < -0.3 is 9.64 Å². The first-order valence-electron chi connectivity index (χ1n) is 11.3. The first kappa shape index (κ1) is 21.5. The van der Waals surface area contributed by atoms with Crippen LogP contribution in [-0.4, -0.2) is 67.0 Å². The molecule has 0 bridgehead atoms. The Morgan fingerprint density at radius 3 is 2.32 bits per heavy atom. The van der Waals surface area contributed by atoms with Crippen molar-refractivity contribution >= 4 is 17.5 Å². The number of carbonyl (C=O) groups is 2. The van der Waals surface area contributed by atoms with Crippen LogP contribution in [0.5, 0.6) is 5.75 Å². The normalized spacial score (nSPS) is 20.4. The SMILES string of the molecule is CCCOc1ccc(N2C(=O)C[C@@H](N3CCN(CCc4ccccc4)CC3)C2=O)cc1. The highest BCUT2D eigenvalue weighted by atomic mass is 16.5. The van der Waals surface area contributed by atoms with E-state index in [2.05, 4.69) is 41.0 Å². The van der Waals surface area contributed by atoms with E-state index < -0.39 is 0 Å². The Morgan fingerprint density at radius 1 is 0.935 bits per heavy atom. The summed E-state index contributed by atoms with van der Waals surface area (Å²) in [6.45, 7) is 7.21. The van der Waals surface area contributed by atoms with Crippen molar-refractivity contribution in [2.75, 3.05) is 44.2 Å². The summed E-state index contributed by atoms with van der Waals surface area (Å²) in [4.78, 5) is 31.7. The zero-order valence-electron chi connectivity index (χ0n) is 18.2. The summed E-state index contributed by atoms with van der Waals surface area (Å²) in [5.74, 6) is 0.529. The Hall–Kier alpha value is -2.70. The zero-order valence-corrected chi connectivity index (χ0v) is 18.2. The van der Waals surface area contributed by atoms with Crippen LogP contribution in [0, 0.1) is 0 Å². The monoisotopic (exact) mass is 421 g/mol. The predicted octanol–water partition coefficient (Wildman–Crippen LogP) is 2.97. The molecule has 0 saturated carbocycles. The van der Waals surface area contributed by atoms with Gasteiger partial charge in [-0.25, -0.2) is 4.90 Å². The fourth-order valence-corrected chi connectivity index (χ4v) is 4.31. The first-order valence-corrected chi connectivity index (χ1v) is 11.3. The Balaban J connectivity index is 1.31. The molecule has 0 aromatic heterocycles. The summed E-state index contributed by atoms with van der Waals surface area (Å²) in [5, 5.41) is 0. The summed E-state index contributed by atoms with van der Waals surface area (Å²) in [6, 6.07) is 17.4. The second kappa shape index (κ2) is 10.1. The average Bonchev–Trinajstić information content (AvgIpc) is 3.11. The van der Waals surface area contributed by atoms with Crippen LogP contribution in [0.25, 0.3) is 0 Å². The van der Waals surface area contributed by atoms with Gasteiger partial charge in [-0.05, 0) is 42.7 Å². The van der Waals surface area contributed by atoms with Crippen LogP contribution in [0.3, 0.4) is 0 Å². The number of carbonyl (C=O) groups excluding carboxylic acids is 2. The maximum absolute atomic E-state index is 13.1. The Bertz CT molecular complexity index is 877. The summed E-state index contributed by atoms with van der Waals surface area (Å²) < 4.78 is 5.60. The molecule has 0 spiro atoms. The van der Waals surface area contributed by atoms with E-state index in [1.807, 2.05) is 18.2 Å². The lowest BCUT2D eigenvalue weighted by atomic mass is 10.1. The molecule has 0 N–H and O–H groups in total. The number of piperazine rings is 1. The molecule has 2 fully saturated rings. The van der Waals surface area contributed by atoms with Crippen LogP contribution in [0.1, 0.15) is 25.3 Å². The van der Waals surface area contributed by atoms with Gasteiger partial charge in [0.15, 0.2) is 0 Å². The van der Waals surface area contributed by atoms with Gasteiger partial charge in [0.05, 0.1) is 24.8 Å². The molecule has 31 heavy (non-hydrogen) atoms. The smallest absolute Gasteiger partial charge is 0.251 e. The fourth-order valence-electron chi connectivity index (χ4n) is 4.31. The van der Waals surface area contributed by atoms with E-state index in [1.165, 1.54) is 10.5 Å². The number of anilines is 1. The van der Waals surface area contributed by atoms with E-state index in [0.717, 1.165) is 51.3 Å². The van der Waals surface area contributed by atoms with E-state index in [4.69, 9.17) is 4.74 Å². The van der Waals surface area contributed by atoms with Crippen molar-refractivity contribution in [2.24, 2.45) is 0 Å². The summed E-state index contributed by atoms with van der Waals surface area (Å²) in [5.41, 5.74) is 1.98. The highest BCUT2D eigenvalue weighted by molar-refractivity contribution is 6.22. The van der Waals surface area contributed by atoms with Gasteiger partial charge in [-0.3, -0.25) is 14.5 Å². The number of rotatable bonds is 8. The minimum atomic E-state index is -0.347. The van der Waals surface area contributed by atoms with E-state index in [9.17, 15) is 9.59 Å². The summed E-state index contributed by atoms with van der Waals surface area (Å²) in [6.07, 6.45) is 2.23. The van der Waals surface area contributed by atoms with Crippen molar-refractivity contribution in [3.05, 3.63) is 60.2 Å². The molecular weight excluding hydrogens is 390 g/mol. The van der Waals surface area contributed by atoms with Gasteiger partial charge in [-0.1, -0.05) is 37.3 Å². The van der Waals surface area contributed by atoms with Crippen LogP contribution in [0.4, 0.5) is 5.69 Å². The molecule has 2 aliphatic rings. The molecule has 6 heteroatoms. The highest BCUT2D eigenvalue weighted by Gasteiger charge is 2.43. The lowest BCUT2D eigenvalue weighted by molar-refractivity contribution is -0.123. The van der Waals surface area contributed by atoms with Gasteiger partial charge in [-0.2, -0.15) is 0 Å². The van der Waals surface area contributed by atoms with Crippen molar-refractivity contribution in [3.63, 3.8) is 0 Å². The topological polar surface area (TPSA) is 53.1 Å². The van der Waals surface area contributed by atoms with Gasteiger partial charge in [0, 0.05) is 32.7 Å². The standard InChI is InChI=1S/C25H31N3O3/c1-2-18-31-22-10-8-21(9-11-22)28-24(29)19-23(25(28)30)27-16-14-26(15-17-27)13-12-20-6-4-3-5-7-20/h3-11,23H,2,12-19H2,1H3/t23-/m1/s1. The molecule has 2 aromatic carbocycles. The van der Waals surface area contributed by atoms with Gasteiger partial charge in [-0.15, -0.1) is 0 Å². The number of ether oxygens (including phenoxy) is 1. The average molecular weight is 422 g/mol. The van der Waals surface area contributed by atoms with Gasteiger partial charge >= 0.3 is 0 Å². The third-order valence-corrected chi connectivity index (χ3v) is 6.10. The van der Waals surface area contributed by atoms with Crippen LogP contribution in [0.2, 0.25) is 0 Å². The number of hydrogen-bond acceptors (Lipinski definition) is 5. The predicted molar refractivity (Wildman–Crippen MR) is 121 cm³/mol. The molecule has 0 radical (unpaired) electrons. The fraction of sp³-hybridized carbons (Fsp3) is 0.440. The van der Waals surface area contributed by atoms with Crippen LogP contribution < -0.4 is 9.64 Å². The van der Waals surface area contributed by atoms with Crippen molar-refractivity contribution in [1.82, 2.24) is 9.80 Å². The summed E-state index contributed by atoms with van der Waals surface area (Å²) in [7, 11) is 0. The van der Waals surface area contributed by atoms with E-state index >= 15 is 0 Å². The van der Waals surface area contributed by atoms with Crippen LogP contribution >= 0.6 is 0 Å². The van der Waals surface area contributed by atoms with Gasteiger partial charge in [0.1, 0.15) is 5.75 Å². The van der Waals surface area contributed by atoms with Crippen molar-refractivity contribution in [3.8, 4) is 5.75 Å². The molecule has 6 nitrogen and oxygen atoms in total. The Labute approximate surface area is 184 Å². The molecule has 1 atom stereocenters. The molecule has 0 unspecified atom stereocenters. The van der Waals surface area contributed by atoms with Gasteiger partial charge in [0.25, 0.3) is 5.91 Å². The molecule has 4 rings (SSSR count). The number of imide groups is 1. The molecular formula is C25H31N3O3. The molecule has 2 aromatic rings. The Morgan fingerprint density at radius 2 is 1.65 bits per heavy atom. The zero-order chi connectivity index (χ0) is 21.6.